The number of hydrogen-bond acceptors (Lipinski definition) is 3. The van der Waals surface area contributed by atoms with Gasteiger partial charge < -0.3 is 9.30 Å². The first-order valence-electron chi connectivity index (χ1n) is 10.1. The van der Waals surface area contributed by atoms with Crippen LogP contribution >= 0.6 is 0 Å². The Bertz CT molecular complexity index is 1010. The molecule has 0 spiro atoms. The van der Waals surface area contributed by atoms with Crippen LogP contribution < -0.4 is 0 Å². The smallest absolute Gasteiger partial charge is 0.338 e. The molecule has 0 saturated heterocycles. The maximum Gasteiger partial charge on any atom is 0.338 e. The van der Waals surface area contributed by atoms with Crippen LogP contribution in [-0.2, 0) is 4.74 Å². The van der Waals surface area contributed by atoms with Gasteiger partial charge in [-0.3, -0.25) is 4.99 Å². The van der Waals surface area contributed by atoms with Gasteiger partial charge in [-0.2, -0.15) is 0 Å². The average molecular weight is 389 g/mol. The van der Waals surface area contributed by atoms with E-state index in [1.807, 2.05) is 18.3 Å². The Morgan fingerprint density at radius 2 is 1.83 bits per heavy atom. The molecule has 29 heavy (non-hydrogen) atoms. The van der Waals surface area contributed by atoms with Crippen molar-refractivity contribution >= 4 is 17.9 Å². The second-order valence-electron chi connectivity index (χ2n) is 7.30. The summed E-state index contributed by atoms with van der Waals surface area (Å²) in [7, 11) is 0. The SMILES string of the molecule is CCCCOC(=O)c1ccc(N=Cc2cc(C)n(-c3cccc(C)c3)c2C)cc1. The number of unbranched alkanes of at least 4 members (excludes halogenated alkanes) is 1. The number of aryl methyl sites for hydroxylation is 2. The number of aromatic nitrogens is 1. The van der Waals surface area contributed by atoms with E-state index in [0.29, 0.717) is 12.2 Å². The molecule has 0 saturated carbocycles. The van der Waals surface area contributed by atoms with Gasteiger partial charge in [0, 0.05) is 28.9 Å². The van der Waals surface area contributed by atoms with E-state index in [0.717, 1.165) is 35.5 Å². The fraction of sp³-hybridized carbons (Fsp3) is 0.280. The average Bonchev–Trinajstić information content (AvgIpc) is 3.00. The van der Waals surface area contributed by atoms with Crippen molar-refractivity contribution in [3.63, 3.8) is 0 Å². The molecule has 0 radical (unpaired) electrons. The molecular weight excluding hydrogens is 360 g/mol. The normalized spacial score (nSPS) is 11.2. The molecule has 4 nitrogen and oxygen atoms in total. The van der Waals surface area contributed by atoms with Gasteiger partial charge in [-0.15, -0.1) is 0 Å². The lowest BCUT2D eigenvalue weighted by Crippen LogP contribution is -2.05. The predicted octanol–water partition coefficient (Wildman–Crippen LogP) is 6.11. The monoisotopic (exact) mass is 388 g/mol. The molecule has 0 N–H and O–H groups in total. The van der Waals surface area contributed by atoms with Crippen LogP contribution in [-0.4, -0.2) is 23.4 Å². The summed E-state index contributed by atoms with van der Waals surface area (Å²) in [5.41, 5.74) is 7.14. The summed E-state index contributed by atoms with van der Waals surface area (Å²) in [6, 6.07) is 17.8. The first kappa shape index (κ1) is 20.6. The summed E-state index contributed by atoms with van der Waals surface area (Å²) in [6.07, 6.45) is 3.77. The third-order valence-corrected chi connectivity index (χ3v) is 4.92. The van der Waals surface area contributed by atoms with Gasteiger partial charge in [-0.1, -0.05) is 25.5 Å². The maximum atomic E-state index is 12.0. The molecule has 150 valence electrons. The highest BCUT2D eigenvalue weighted by molar-refractivity contribution is 5.90. The van der Waals surface area contributed by atoms with Crippen molar-refractivity contribution in [2.24, 2.45) is 4.99 Å². The van der Waals surface area contributed by atoms with Gasteiger partial charge in [0.2, 0.25) is 0 Å². The molecule has 0 atom stereocenters. The number of aliphatic imine (C=N–C) groups is 1. The number of esters is 1. The lowest BCUT2D eigenvalue weighted by molar-refractivity contribution is 0.0500. The zero-order chi connectivity index (χ0) is 20.8. The molecule has 3 rings (SSSR count). The van der Waals surface area contributed by atoms with Gasteiger partial charge >= 0.3 is 5.97 Å². The van der Waals surface area contributed by atoms with Gasteiger partial charge in [0.15, 0.2) is 0 Å². The van der Waals surface area contributed by atoms with Gasteiger partial charge in [0.25, 0.3) is 0 Å². The Morgan fingerprint density at radius 3 is 2.52 bits per heavy atom. The van der Waals surface area contributed by atoms with Crippen LogP contribution in [0.1, 0.15) is 52.6 Å². The summed E-state index contributed by atoms with van der Waals surface area (Å²) in [4.78, 5) is 16.6. The van der Waals surface area contributed by atoms with Gasteiger partial charge in [-0.25, -0.2) is 4.79 Å². The number of carbonyl (C=O) groups excluding carboxylic acids is 1. The molecule has 0 unspecified atom stereocenters. The quantitative estimate of drug-likeness (QED) is 0.278. The van der Waals surface area contributed by atoms with E-state index < -0.39 is 0 Å². The van der Waals surface area contributed by atoms with Crippen molar-refractivity contribution in [2.45, 2.75) is 40.5 Å². The molecule has 0 bridgehead atoms. The number of nitrogens with zero attached hydrogens (tertiary/aromatic N) is 2. The molecule has 2 aromatic carbocycles. The van der Waals surface area contributed by atoms with E-state index in [1.54, 1.807) is 12.1 Å². The first-order valence-corrected chi connectivity index (χ1v) is 10.1. The number of hydrogen-bond donors (Lipinski definition) is 0. The summed E-state index contributed by atoms with van der Waals surface area (Å²) < 4.78 is 7.48. The molecule has 4 heteroatoms. The highest BCUT2D eigenvalue weighted by Crippen LogP contribution is 2.21. The highest BCUT2D eigenvalue weighted by Gasteiger charge is 2.10. The summed E-state index contributed by atoms with van der Waals surface area (Å²) in [5, 5.41) is 0. The van der Waals surface area contributed by atoms with Crippen molar-refractivity contribution in [3.05, 3.63) is 82.7 Å². The van der Waals surface area contributed by atoms with Gasteiger partial charge in [-0.05, 0) is 75.2 Å². The van der Waals surface area contributed by atoms with Crippen molar-refractivity contribution in [1.29, 1.82) is 0 Å². The van der Waals surface area contributed by atoms with E-state index in [4.69, 9.17) is 4.74 Å². The van der Waals surface area contributed by atoms with Crippen LogP contribution in [0.2, 0.25) is 0 Å². The van der Waals surface area contributed by atoms with E-state index in [9.17, 15) is 4.79 Å². The first-order chi connectivity index (χ1) is 14.0. The number of rotatable bonds is 7. The Kier molecular flexibility index (Phi) is 6.65. The van der Waals surface area contributed by atoms with Crippen LogP contribution in [0.5, 0.6) is 0 Å². The highest BCUT2D eigenvalue weighted by atomic mass is 16.5. The lowest BCUT2D eigenvalue weighted by atomic mass is 10.2. The van der Waals surface area contributed by atoms with Crippen LogP contribution in [0.15, 0.2) is 59.6 Å². The zero-order valence-corrected chi connectivity index (χ0v) is 17.6. The van der Waals surface area contributed by atoms with Crippen LogP contribution in [0.4, 0.5) is 5.69 Å². The fourth-order valence-electron chi connectivity index (χ4n) is 3.30. The predicted molar refractivity (Wildman–Crippen MR) is 119 cm³/mol. The third-order valence-electron chi connectivity index (χ3n) is 4.92. The van der Waals surface area contributed by atoms with Crippen molar-refractivity contribution in [3.8, 4) is 5.69 Å². The Morgan fingerprint density at radius 1 is 1.07 bits per heavy atom. The minimum absolute atomic E-state index is 0.282. The van der Waals surface area contributed by atoms with Crippen molar-refractivity contribution in [1.82, 2.24) is 4.57 Å². The largest absolute Gasteiger partial charge is 0.462 e. The van der Waals surface area contributed by atoms with Crippen molar-refractivity contribution in [2.75, 3.05) is 6.61 Å². The fourth-order valence-corrected chi connectivity index (χ4v) is 3.30. The van der Waals surface area contributed by atoms with E-state index in [2.05, 4.69) is 67.6 Å². The molecule has 3 aromatic rings. The second-order valence-corrected chi connectivity index (χ2v) is 7.30. The zero-order valence-electron chi connectivity index (χ0n) is 17.6. The van der Waals surface area contributed by atoms with Crippen LogP contribution in [0.3, 0.4) is 0 Å². The minimum atomic E-state index is -0.282. The van der Waals surface area contributed by atoms with E-state index in [1.165, 1.54) is 11.3 Å². The molecule has 0 amide bonds. The second kappa shape index (κ2) is 9.37. The molecule has 1 heterocycles. The topological polar surface area (TPSA) is 43.6 Å². The Hall–Kier alpha value is -3.14. The summed E-state index contributed by atoms with van der Waals surface area (Å²) >= 11 is 0. The Labute approximate surface area is 172 Å². The molecule has 0 aliphatic rings. The lowest BCUT2D eigenvalue weighted by Gasteiger charge is -2.10. The van der Waals surface area contributed by atoms with E-state index in [-0.39, 0.29) is 5.97 Å². The van der Waals surface area contributed by atoms with Crippen LogP contribution in [0.25, 0.3) is 5.69 Å². The summed E-state index contributed by atoms with van der Waals surface area (Å²) in [5.74, 6) is -0.282. The van der Waals surface area contributed by atoms with Gasteiger partial charge in [0.1, 0.15) is 0 Å². The minimum Gasteiger partial charge on any atom is -0.462 e. The molecule has 0 aliphatic heterocycles. The summed E-state index contributed by atoms with van der Waals surface area (Å²) in [6.45, 7) is 8.84. The van der Waals surface area contributed by atoms with E-state index >= 15 is 0 Å². The molecular formula is C25H28N2O2. The number of carbonyl (C=O) groups is 1. The third kappa shape index (κ3) is 5.02. The number of benzene rings is 2. The molecule has 0 aliphatic carbocycles. The molecule has 1 aromatic heterocycles. The van der Waals surface area contributed by atoms with Gasteiger partial charge in [0.05, 0.1) is 17.9 Å². The standard InChI is InChI=1S/C25H28N2O2/c1-5-6-14-29-25(28)21-10-12-23(13-11-21)26-17-22-16-19(3)27(20(22)4)24-9-7-8-18(2)15-24/h7-13,15-17H,5-6,14H2,1-4H3. The molecule has 0 fully saturated rings. The maximum absolute atomic E-state index is 12.0. The Balaban J connectivity index is 1.75. The van der Waals surface area contributed by atoms with Crippen LogP contribution in [0, 0.1) is 20.8 Å². The number of ether oxygens (including phenoxy) is 1. The van der Waals surface area contributed by atoms with Crippen molar-refractivity contribution < 1.29 is 9.53 Å².